The smallest absolute Gasteiger partial charge is 0.274 e. The van der Waals surface area contributed by atoms with Crippen LogP contribution in [0.25, 0.3) is 0 Å². The van der Waals surface area contributed by atoms with Crippen LogP contribution in [0.3, 0.4) is 0 Å². The summed E-state index contributed by atoms with van der Waals surface area (Å²) >= 11 is 0. The molecule has 16 heavy (non-hydrogen) atoms. The molecule has 0 atom stereocenters. The van der Waals surface area contributed by atoms with Crippen molar-refractivity contribution in [3.8, 4) is 5.75 Å². The first-order valence-electron chi connectivity index (χ1n) is 4.86. The third-order valence-electron chi connectivity index (χ3n) is 2.01. The molecule has 0 aliphatic rings. The highest BCUT2D eigenvalue weighted by Crippen LogP contribution is 2.16. The number of phenolic OH excluding ortho intramolecular Hbond substituents is 1. The number of carbonyl (C=O) groups is 1. The molecule has 0 aliphatic heterocycles. The molecule has 1 amide bonds. The number of methoxy groups -OCH3 is 1. The van der Waals surface area contributed by atoms with Crippen LogP contribution in [-0.2, 0) is 9.57 Å². The summed E-state index contributed by atoms with van der Waals surface area (Å²) in [4.78, 5) is 16.4. The first kappa shape index (κ1) is 12.5. The molecule has 0 fully saturated rings. The van der Waals surface area contributed by atoms with Crippen molar-refractivity contribution in [3.63, 3.8) is 0 Å². The highest BCUT2D eigenvalue weighted by molar-refractivity contribution is 5.93. The first-order valence-corrected chi connectivity index (χ1v) is 4.86. The normalized spacial score (nSPS) is 10.1. The van der Waals surface area contributed by atoms with E-state index in [4.69, 9.17) is 9.57 Å². The number of hydrogen-bond acceptors (Lipinski definition) is 4. The minimum absolute atomic E-state index is 0.164. The van der Waals surface area contributed by atoms with Gasteiger partial charge in [0.1, 0.15) is 5.75 Å². The number of benzene rings is 1. The van der Waals surface area contributed by atoms with Crippen LogP contribution in [0.2, 0.25) is 0 Å². The molecule has 0 unspecified atom stereocenters. The van der Waals surface area contributed by atoms with E-state index in [1.165, 1.54) is 12.1 Å². The Kier molecular flexibility index (Phi) is 4.75. The van der Waals surface area contributed by atoms with Crippen LogP contribution in [0, 0.1) is 6.92 Å². The van der Waals surface area contributed by atoms with Crippen LogP contribution in [0.15, 0.2) is 18.2 Å². The minimum Gasteiger partial charge on any atom is -0.508 e. The standard InChI is InChI=1S/C11H15NO4/c1-8-7-9(3-4-10(8)13)11(14)12-16-6-5-15-2/h3-4,7,13H,5-6H2,1-2H3,(H,12,14). The van der Waals surface area contributed by atoms with Gasteiger partial charge in [0.05, 0.1) is 13.2 Å². The first-order chi connectivity index (χ1) is 7.65. The van der Waals surface area contributed by atoms with Crippen molar-refractivity contribution in [1.29, 1.82) is 0 Å². The minimum atomic E-state index is -0.348. The Morgan fingerprint density at radius 3 is 2.81 bits per heavy atom. The van der Waals surface area contributed by atoms with Crippen molar-refractivity contribution >= 4 is 5.91 Å². The summed E-state index contributed by atoms with van der Waals surface area (Å²) in [6.07, 6.45) is 0. The fourth-order valence-corrected chi connectivity index (χ4v) is 1.10. The molecule has 0 saturated carbocycles. The number of hydroxylamine groups is 1. The Labute approximate surface area is 93.9 Å². The third kappa shape index (κ3) is 3.52. The predicted molar refractivity (Wildman–Crippen MR) is 58.1 cm³/mol. The summed E-state index contributed by atoms with van der Waals surface area (Å²) in [7, 11) is 1.55. The van der Waals surface area contributed by atoms with E-state index < -0.39 is 0 Å². The second-order valence-electron chi connectivity index (χ2n) is 3.27. The van der Waals surface area contributed by atoms with Crippen molar-refractivity contribution in [3.05, 3.63) is 29.3 Å². The molecule has 0 saturated heterocycles. The van der Waals surface area contributed by atoms with Crippen LogP contribution in [0.4, 0.5) is 0 Å². The Balaban J connectivity index is 2.50. The van der Waals surface area contributed by atoms with Gasteiger partial charge in [-0.05, 0) is 30.7 Å². The molecule has 0 bridgehead atoms. The van der Waals surface area contributed by atoms with Crippen LogP contribution >= 0.6 is 0 Å². The molecule has 0 heterocycles. The fraction of sp³-hybridized carbons (Fsp3) is 0.364. The van der Waals surface area contributed by atoms with Gasteiger partial charge in [-0.1, -0.05) is 0 Å². The van der Waals surface area contributed by atoms with Crippen molar-refractivity contribution in [1.82, 2.24) is 5.48 Å². The number of phenols is 1. The molecule has 5 heteroatoms. The van der Waals surface area contributed by atoms with E-state index in [1.54, 1.807) is 20.1 Å². The summed E-state index contributed by atoms with van der Waals surface area (Å²) < 4.78 is 4.75. The van der Waals surface area contributed by atoms with Crippen LogP contribution in [0.5, 0.6) is 5.75 Å². The van der Waals surface area contributed by atoms with Gasteiger partial charge in [0.15, 0.2) is 0 Å². The zero-order valence-electron chi connectivity index (χ0n) is 9.32. The Hall–Kier alpha value is -1.59. The quantitative estimate of drug-likeness (QED) is 0.579. The van der Waals surface area contributed by atoms with E-state index >= 15 is 0 Å². The lowest BCUT2D eigenvalue weighted by Gasteiger charge is -2.06. The average molecular weight is 225 g/mol. The monoisotopic (exact) mass is 225 g/mol. The molecule has 2 N–H and O–H groups in total. The zero-order chi connectivity index (χ0) is 12.0. The maximum absolute atomic E-state index is 11.5. The summed E-state index contributed by atoms with van der Waals surface area (Å²) in [5.74, 6) is -0.184. The Morgan fingerprint density at radius 1 is 1.44 bits per heavy atom. The van der Waals surface area contributed by atoms with E-state index in [1.807, 2.05) is 0 Å². The summed E-state index contributed by atoms with van der Waals surface area (Å²) in [6, 6.07) is 4.58. The molecular formula is C11H15NO4. The molecular weight excluding hydrogens is 210 g/mol. The van der Waals surface area contributed by atoms with Gasteiger partial charge in [-0.15, -0.1) is 0 Å². The number of nitrogens with one attached hydrogen (secondary N) is 1. The zero-order valence-corrected chi connectivity index (χ0v) is 9.32. The van der Waals surface area contributed by atoms with Crippen molar-refractivity contribution < 1.29 is 19.5 Å². The molecule has 88 valence electrons. The fourth-order valence-electron chi connectivity index (χ4n) is 1.10. The SMILES string of the molecule is COCCONC(=O)c1ccc(O)c(C)c1. The maximum atomic E-state index is 11.5. The molecule has 5 nitrogen and oxygen atoms in total. The van der Waals surface area contributed by atoms with Gasteiger partial charge in [-0.3, -0.25) is 9.63 Å². The highest BCUT2D eigenvalue weighted by atomic mass is 16.7. The molecule has 1 aromatic carbocycles. The summed E-state index contributed by atoms with van der Waals surface area (Å²) in [5.41, 5.74) is 3.36. The van der Waals surface area contributed by atoms with Crippen LogP contribution < -0.4 is 5.48 Å². The number of rotatable bonds is 5. The van der Waals surface area contributed by atoms with Crippen LogP contribution in [-0.4, -0.2) is 31.3 Å². The predicted octanol–water partition coefficient (Wildman–Crippen LogP) is 1.01. The van der Waals surface area contributed by atoms with Gasteiger partial charge in [-0.2, -0.15) is 0 Å². The van der Waals surface area contributed by atoms with Gasteiger partial charge in [0.2, 0.25) is 0 Å². The molecule has 1 rings (SSSR count). The number of aryl methyl sites for hydroxylation is 1. The van der Waals surface area contributed by atoms with E-state index in [2.05, 4.69) is 5.48 Å². The number of ether oxygens (including phenoxy) is 1. The van der Waals surface area contributed by atoms with E-state index in [9.17, 15) is 9.90 Å². The summed E-state index contributed by atoms with van der Waals surface area (Å²) in [6.45, 7) is 2.42. The lowest BCUT2D eigenvalue weighted by atomic mass is 10.1. The topological polar surface area (TPSA) is 67.8 Å². The number of carbonyl (C=O) groups excluding carboxylic acids is 1. The second-order valence-corrected chi connectivity index (χ2v) is 3.27. The summed E-state index contributed by atoms with van der Waals surface area (Å²) in [5, 5.41) is 9.29. The van der Waals surface area contributed by atoms with Crippen molar-refractivity contribution in [2.75, 3.05) is 20.3 Å². The second kappa shape index (κ2) is 6.09. The van der Waals surface area contributed by atoms with E-state index in [0.717, 1.165) is 0 Å². The maximum Gasteiger partial charge on any atom is 0.274 e. The number of amides is 1. The molecule has 0 radical (unpaired) electrons. The largest absolute Gasteiger partial charge is 0.508 e. The van der Waals surface area contributed by atoms with Gasteiger partial charge >= 0.3 is 0 Å². The van der Waals surface area contributed by atoms with Gasteiger partial charge in [0.25, 0.3) is 5.91 Å². The van der Waals surface area contributed by atoms with Crippen molar-refractivity contribution in [2.24, 2.45) is 0 Å². The average Bonchev–Trinajstić information content (AvgIpc) is 2.28. The van der Waals surface area contributed by atoms with E-state index in [-0.39, 0.29) is 11.7 Å². The van der Waals surface area contributed by atoms with Crippen LogP contribution in [0.1, 0.15) is 15.9 Å². The van der Waals surface area contributed by atoms with E-state index in [0.29, 0.717) is 24.3 Å². The highest BCUT2D eigenvalue weighted by Gasteiger charge is 2.06. The lowest BCUT2D eigenvalue weighted by molar-refractivity contribution is 0.00888. The van der Waals surface area contributed by atoms with Gasteiger partial charge in [0, 0.05) is 12.7 Å². The Morgan fingerprint density at radius 2 is 2.19 bits per heavy atom. The lowest BCUT2D eigenvalue weighted by Crippen LogP contribution is -2.25. The number of aromatic hydroxyl groups is 1. The Bertz CT molecular complexity index is 365. The van der Waals surface area contributed by atoms with Gasteiger partial charge < -0.3 is 9.84 Å². The van der Waals surface area contributed by atoms with Gasteiger partial charge in [-0.25, -0.2) is 5.48 Å². The third-order valence-corrected chi connectivity index (χ3v) is 2.01. The molecule has 0 aliphatic carbocycles. The molecule has 1 aromatic rings. The molecule has 0 spiro atoms. The number of hydrogen-bond donors (Lipinski definition) is 2. The molecule has 0 aromatic heterocycles. The van der Waals surface area contributed by atoms with Crippen molar-refractivity contribution in [2.45, 2.75) is 6.92 Å².